The Kier molecular flexibility index (Phi) is 3.53. The largest absolute Gasteiger partial charge is 0.486 e. The standard InChI is InChI=1S/C17H14FN3O3/c18-11-3-1-2-4-12(11)20-17(22)9-21-10-19-13-7-15-16(8-14(13)21)24-6-5-23-15/h1-4,7-8,10H,5-6,9H2,(H,20,22). The quantitative estimate of drug-likeness (QED) is 0.803. The van der Waals surface area contributed by atoms with Crippen LogP contribution in [0.2, 0.25) is 0 Å². The first-order valence-electron chi connectivity index (χ1n) is 7.49. The van der Waals surface area contributed by atoms with E-state index in [9.17, 15) is 9.18 Å². The first kappa shape index (κ1) is 14.5. The minimum atomic E-state index is -0.471. The number of nitrogens with zero attached hydrogens (tertiary/aromatic N) is 2. The molecule has 1 N–H and O–H groups in total. The third-order valence-electron chi connectivity index (χ3n) is 3.75. The van der Waals surface area contributed by atoms with Gasteiger partial charge in [-0.2, -0.15) is 0 Å². The lowest BCUT2D eigenvalue weighted by Crippen LogP contribution is -2.19. The van der Waals surface area contributed by atoms with E-state index in [1.807, 2.05) is 0 Å². The summed E-state index contributed by atoms with van der Waals surface area (Å²) in [5.74, 6) is 0.468. The topological polar surface area (TPSA) is 65.4 Å². The molecule has 1 aliphatic rings. The van der Waals surface area contributed by atoms with Gasteiger partial charge in [-0.25, -0.2) is 9.37 Å². The van der Waals surface area contributed by atoms with Crippen LogP contribution in [0.15, 0.2) is 42.7 Å². The van der Waals surface area contributed by atoms with Crippen molar-refractivity contribution in [1.29, 1.82) is 0 Å². The molecule has 1 aliphatic heterocycles. The molecule has 4 rings (SSSR count). The lowest BCUT2D eigenvalue weighted by Gasteiger charge is -2.18. The van der Waals surface area contributed by atoms with Gasteiger partial charge in [-0.05, 0) is 12.1 Å². The Labute approximate surface area is 136 Å². The molecule has 0 fully saturated rings. The van der Waals surface area contributed by atoms with Crippen LogP contribution in [-0.2, 0) is 11.3 Å². The van der Waals surface area contributed by atoms with Gasteiger partial charge in [0.25, 0.3) is 0 Å². The summed E-state index contributed by atoms with van der Waals surface area (Å²) in [5.41, 5.74) is 1.61. The van der Waals surface area contributed by atoms with Crippen LogP contribution in [0.5, 0.6) is 11.5 Å². The van der Waals surface area contributed by atoms with Crippen LogP contribution in [0, 0.1) is 5.82 Å². The molecule has 0 radical (unpaired) electrons. The zero-order valence-corrected chi connectivity index (χ0v) is 12.7. The van der Waals surface area contributed by atoms with E-state index < -0.39 is 5.82 Å². The lowest BCUT2D eigenvalue weighted by atomic mass is 10.2. The number of rotatable bonds is 3. The maximum atomic E-state index is 13.6. The molecule has 0 unspecified atom stereocenters. The maximum Gasteiger partial charge on any atom is 0.244 e. The summed E-state index contributed by atoms with van der Waals surface area (Å²) in [6.45, 7) is 1.01. The SMILES string of the molecule is O=C(Cn1cnc2cc3c(cc21)OCCO3)Nc1ccccc1F. The summed E-state index contributed by atoms with van der Waals surface area (Å²) < 4.78 is 26.4. The van der Waals surface area contributed by atoms with Gasteiger partial charge in [0.05, 0.1) is 23.0 Å². The van der Waals surface area contributed by atoms with E-state index >= 15 is 0 Å². The average Bonchev–Trinajstić information content (AvgIpc) is 2.97. The number of carbonyl (C=O) groups excluding carboxylic acids is 1. The number of para-hydroxylation sites is 1. The van der Waals surface area contributed by atoms with Gasteiger partial charge in [0.2, 0.25) is 5.91 Å². The van der Waals surface area contributed by atoms with Crippen molar-refractivity contribution in [1.82, 2.24) is 9.55 Å². The molecule has 3 aromatic rings. The Balaban J connectivity index is 1.58. The number of carbonyl (C=O) groups is 1. The van der Waals surface area contributed by atoms with Crippen LogP contribution in [-0.4, -0.2) is 28.7 Å². The fraction of sp³-hybridized carbons (Fsp3) is 0.176. The van der Waals surface area contributed by atoms with Crippen molar-refractivity contribution in [3.05, 3.63) is 48.5 Å². The molecular formula is C17H14FN3O3. The highest BCUT2D eigenvalue weighted by Crippen LogP contribution is 2.34. The molecule has 0 saturated carbocycles. The van der Waals surface area contributed by atoms with Crippen LogP contribution in [0.25, 0.3) is 11.0 Å². The maximum absolute atomic E-state index is 13.6. The summed E-state index contributed by atoms with van der Waals surface area (Å²) in [5, 5.41) is 2.56. The van der Waals surface area contributed by atoms with Crippen LogP contribution in [0.1, 0.15) is 0 Å². The zero-order chi connectivity index (χ0) is 16.5. The second-order valence-electron chi connectivity index (χ2n) is 5.39. The molecule has 2 aromatic carbocycles. The van der Waals surface area contributed by atoms with E-state index in [0.29, 0.717) is 30.2 Å². The van der Waals surface area contributed by atoms with Crippen molar-refractivity contribution in [2.75, 3.05) is 18.5 Å². The molecule has 7 heteroatoms. The number of halogens is 1. The molecular weight excluding hydrogens is 313 g/mol. The van der Waals surface area contributed by atoms with Gasteiger partial charge >= 0.3 is 0 Å². The summed E-state index contributed by atoms with van der Waals surface area (Å²) in [4.78, 5) is 16.5. The van der Waals surface area contributed by atoms with Crippen molar-refractivity contribution in [2.45, 2.75) is 6.54 Å². The summed E-state index contributed by atoms with van der Waals surface area (Å²) in [7, 11) is 0. The van der Waals surface area contributed by atoms with Gasteiger partial charge in [0, 0.05) is 12.1 Å². The fourth-order valence-corrected chi connectivity index (χ4v) is 2.63. The molecule has 0 saturated heterocycles. The van der Waals surface area contributed by atoms with E-state index in [1.165, 1.54) is 12.1 Å². The number of ether oxygens (including phenoxy) is 2. The molecule has 0 aliphatic carbocycles. The molecule has 0 atom stereocenters. The first-order valence-corrected chi connectivity index (χ1v) is 7.49. The van der Waals surface area contributed by atoms with Crippen molar-refractivity contribution in [2.24, 2.45) is 0 Å². The number of hydrogen-bond donors (Lipinski definition) is 1. The summed E-state index contributed by atoms with van der Waals surface area (Å²) in [6, 6.07) is 9.63. The third kappa shape index (κ3) is 2.64. The summed E-state index contributed by atoms with van der Waals surface area (Å²) >= 11 is 0. The van der Waals surface area contributed by atoms with Crippen molar-refractivity contribution < 1.29 is 18.7 Å². The molecule has 1 aromatic heterocycles. The van der Waals surface area contributed by atoms with E-state index in [4.69, 9.17) is 9.47 Å². The van der Waals surface area contributed by atoms with Gasteiger partial charge in [0.1, 0.15) is 25.6 Å². The van der Waals surface area contributed by atoms with E-state index in [2.05, 4.69) is 10.3 Å². The lowest BCUT2D eigenvalue weighted by molar-refractivity contribution is -0.116. The Morgan fingerprint density at radius 3 is 2.75 bits per heavy atom. The first-order chi connectivity index (χ1) is 11.7. The van der Waals surface area contributed by atoms with Gasteiger partial charge in [0.15, 0.2) is 11.5 Å². The normalized spacial score (nSPS) is 13.0. The van der Waals surface area contributed by atoms with E-state index in [0.717, 1.165) is 5.52 Å². The third-order valence-corrected chi connectivity index (χ3v) is 3.75. The number of anilines is 1. The number of aromatic nitrogens is 2. The minimum absolute atomic E-state index is 0.0183. The molecule has 6 nitrogen and oxygen atoms in total. The molecule has 0 bridgehead atoms. The van der Waals surface area contributed by atoms with Crippen LogP contribution < -0.4 is 14.8 Å². The highest BCUT2D eigenvalue weighted by atomic mass is 19.1. The Morgan fingerprint density at radius 1 is 1.21 bits per heavy atom. The van der Waals surface area contributed by atoms with Crippen LogP contribution in [0.4, 0.5) is 10.1 Å². The molecule has 0 spiro atoms. The number of nitrogens with one attached hydrogen (secondary N) is 1. The predicted octanol–water partition coefficient (Wildman–Crippen LogP) is 2.59. The Hall–Kier alpha value is -3.09. The Bertz CT molecular complexity index is 923. The molecule has 1 amide bonds. The second-order valence-corrected chi connectivity index (χ2v) is 5.39. The van der Waals surface area contributed by atoms with E-state index in [-0.39, 0.29) is 18.1 Å². The number of fused-ring (bicyclic) bond motifs is 2. The minimum Gasteiger partial charge on any atom is -0.486 e. The molecule has 24 heavy (non-hydrogen) atoms. The van der Waals surface area contributed by atoms with Gasteiger partial charge in [-0.1, -0.05) is 12.1 Å². The average molecular weight is 327 g/mol. The Morgan fingerprint density at radius 2 is 1.96 bits per heavy atom. The van der Waals surface area contributed by atoms with Crippen LogP contribution >= 0.6 is 0 Å². The number of imidazole rings is 1. The summed E-state index contributed by atoms with van der Waals surface area (Å²) in [6.07, 6.45) is 1.57. The van der Waals surface area contributed by atoms with Crippen LogP contribution in [0.3, 0.4) is 0 Å². The van der Waals surface area contributed by atoms with Gasteiger partial charge < -0.3 is 19.4 Å². The van der Waals surface area contributed by atoms with Crippen molar-refractivity contribution in [3.63, 3.8) is 0 Å². The van der Waals surface area contributed by atoms with Gasteiger partial charge in [-0.15, -0.1) is 0 Å². The predicted molar refractivity (Wildman–Crippen MR) is 85.8 cm³/mol. The van der Waals surface area contributed by atoms with Crippen molar-refractivity contribution >= 4 is 22.6 Å². The monoisotopic (exact) mass is 327 g/mol. The van der Waals surface area contributed by atoms with Crippen molar-refractivity contribution in [3.8, 4) is 11.5 Å². The fourth-order valence-electron chi connectivity index (χ4n) is 2.63. The number of benzene rings is 2. The highest BCUT2D eigenvalue weighted by Gasteiger charge is 2.16. The molecule has 122 valence electrons. The smallest absolute Gasteiger partial charge is 0.244 e. The molecule has 2 heterocycles. The van der Waals surface area contributed by atoms with Gasteiger partial charge in [-0.3, -0.25) is 4.79 Å². The zero-order valence-electron chi connectivity index (χ0n) is 12.7. The number of hydrogen-bond acceptors (Lipinski definition) is 4. The second kappa shape index (κ2) is 5.84. The number of amides is 1. The highest BCUT2D eigenvalue weighted by molar-refractivity contribution is 5.92. The van der Waals surface area contributed by atoms with E-state index in [1.54, 1.807) is 35.2 Å².